The van der Waals surface area contributed by atoms with Crippen molar-refractivity contribution in [2.24, 2.45) is 0 Å². The molecule has 2 aromatic rings. The molecule has 0 bridgehead atoms. The van der Waals surface area contributed by atoms with Crippen molar-refractivity contribution < 1.29 is 4.79 Å². The second-order valence-electron chi connectivity index (χ2n) is 5.62. The lowest BCUT2D eigenvalue weighted by Gasteiger charge is -2.20. The smallest absolute Gasteiger partial charge is 0.238 e. The molecule has 1 aromatic carbocycles. The molecule has 5 heteroatoms. The van der Waals surface area contributed by atoms with E-state index < -0.39 is 0 Å². The fourth-order valence-electron chi connectivity index (χ4n) is 2.75. The standard InChI is InChI=1S/C16H19N3OS/c1-8-5-6-12(9(2)7-8)14-13-10(3)18-19-15(13)17-16(20)11(4)21-14/h5-7,11,14H,1-4H3,(H2,17,18,19,20)/t11-,14-/m0/s1. The Morgan fingerprint density at radius 3 is 2.71 bits per heavy atom. The van der Waals surface area contributed by atoms with E-state index in [-0.39, 0.29) is 16.4 Å². The predicted octanol–water partition coefficient (Wildman–Crippen LogP) is 3.50. The van der Waals surface area contributed by atoms with E-state index in [4.69, 9.17) is 0 Å². The summed E-state index contributed by atoms with van der Waals surface area (Å²) in [5.41, 5.74) is 5.85. The Balaban J connectivity index is 2.15. The summed E-state index contributed by atoms with van der Waals surface area (Å²) in [5, 5.41) is 10.2. The molecule has 0 saturated carbocycles. The number of fused-ring (bicyclic) bond motifs is 1. The molecule has 0 fully saturated rings. The third kappa shape index (κ3) is 2.46. The van der Waals surface area contributed by atoms with Crippen LogP contribution in [0.4, 0.5) is 5.82 Å². The van der Waals surface area contributed by atoms with E-state index in [1.807, 2.05) is 13.8 Å². The third-order valence-corrected chi connectivity index (χ3v) is 5.30. The Morgan fingerprint density at radius 2 is 2.00 bits per heavy atom. The van der Waals surface area contributed by atoms with E-state index in [0.29, 0.717) is 5.82 Å². The first-order valence-electron chi connectivity index (χ1n) is 7.05. The molecule has 3 rings (SSSR count). The van der Waals surface area contributed by atoms with Crippen LogP contribution in [0.3, 0.4) is 0 Å². The number of aryl methyl sites for hydroxylation is 3. The van der Waals surface area contributed by atoms with Crippen LogP contribution >= 0.6 is 11.8 Å². The molecule has 21 heavy (non-hydrogen) atoms. The van der Waals surface area contributed by atoms with Crippen LogP contribution in [0.2, 0.25) is 0 Å². The highest BCUT2D eigenvalue weighted by Gasteiger charge is 2.32. The molecule has 0 unspecified atom stereocenters. The SMILES string of the molecule is Cc1ccc([C@@H]2S[C@@H](C)C(=O)Nc3n[nH]c(C)c32)c(C)c1. The first-order valence-corrected chi connectivity index (χ1v) is 8.00. The first-order chi connectivity index (χ1) is 9.97. The summed E-state index contributed by atoms with van der Waals surface area (Å²) in [6, 6.07) is 6.49. The molecule has 0 radical (unpaired) electrons. The minimum absolute atomic E-state index is 0.0139. The number of amides is 1. The van der Waals surface area contributed by atoms with Crippen molar-refractivity contribution in [1.29, 1.82) is 0 Å². The summed E-state index contributed by atoms with van der Waals surface area (Å²) in [4.78, 5) is 12.1. The number of carbonyl (C=O) groups excluding carboxylic acids is 1. The second kappa shape index (κ2) is 5.22. The first kappa shape index (κ1) is 14.2. The highest BCUT2D eigenvalue weighted by atomic mass is 32.2. The predicted molar refractivity (Wildman–Crippen MR) is 86.8 cm³/mol. The van der Waals surface area contributed by atoms with Gasteiger partial charge >= 0.3 is 0 Å². The fraction of sp³-hybridized carbons (Fsp3) is 0.375. The van der Waals surface area contributed by atoms with Gasteiger partial charge in [0.25, 0.3) is 0 Å². The molecular weight excluding hydrogens is 282 g/mol. The van der Waals surface area contributed by atoms with Crippen LogP contribution < -0.4 is 5.32 Å². The Labute approximate surface area is 128 Å². The van der Waals surface area contributed by atoms with E-state index in [2.05, 4.69) is 47.6 Å². The van der Waals surface area contributed by atoms with E-state index in [1.165, 1.54) is 16.7 Å². The Bertz CT molecular complexity index is 708. The van der Waals surface area contributed by atoms with Gasteiger partial charge in [0.15, 0.2) is 5.82 Å². The Morgan fingerprint density at radius 1 is 1.24 bits per heavy atom. The van der Waals surface area contributed by atoms with Crippen LogP contribution in [0.25, 0.3) is 0 Å². The maximum atomic E-state index is 12.1. The highest BCUT2D eigenvalue weighted by Crippen LogP contribution is 2.45. The van der Waals surface area contributed by atoms with Gasteiger partial charge in [0.1, 0.15) is 0 Å². The number of thioether (sulfide) groups is 1. The van der Waals surface area contributed by atoms with Gasteiger partial charge in [0, 0.05) is 11.3 Å². The summed E-state index contributed by atoms with van der Waals surface area (Å²) in [7, 11) is 0. The fourth-order valence-corrected chi connectivity index (χ4v) is 4.18. The topological polar surface area (TPSA) is 57.8 Å². The number of aromatic nitrogens is 2. The van der Waals surface area contributed by atoms with Gasteiger partial charge in [-0.1, -0.05) is 23.8 Å². The molecule has 0 saturated heterocycles. The van der Waals surface area contributed by atoms with Gasteiger partial charge in [-0.15, -0.1) is 11.8 Å². The molecular formula is C16H19N3OS. The van der Waals surface area contributed by atoms with Gasteiger partial charge < -0.3 is 5.32 Å². The van der Waals surface area contributed by atoms with Crippen LogP contribution in [0.15, 0.2) is 18.2 Å². The molecule has 0 spiro atoms. The van der Waals surface area contributed by atoms with Crippen molar-refractivity contribution in [1.82, 2.24) is 10.2 Å². The number of aromatic amines is 1. The number of H-pyrrole nitrogens is 1. The lowest BCUT2D eigenvalue weighted by molar-refractivity contribution is -0.115. The monoisotopic (exact) mass is 301 g/mol. The molecule has 1 aliphatic rings. The van der Waals surface area contributed by atoms with Gasteiger partial charge in [-0.05, 0) is 38.8 Å². The number of rotatable bonds is 1. The zero-order valence-electron chi connectivity index (χ0n) is 12.7. The molecule has 0 aliphatic carbocycles. The van der Waals surface area contributed by atoms with Crippen LogP contribution in [-0.4, -0.2) is 21.4 Å². The quantitative estimate of drug-likeness (QED) is 0.847. The van der Waals surface area contributed by atoms with Crippen LogP contribution in [0.1, 0.15) is 40.1 Å². The number of hydrogen-bond donors (Lipinski definition) is 2. The van der Waals surface area contributed by atoms with E-state index in [1.54, 1.807) is 11.8 Å². The number of nitrogens with zero attached hydrogens (tertiary/aromatic N) is 1. The van der Waals surface area contributed by atoms with Crippen LogP contribution in [-0.2, 0) is 4.79 Å². The van der Waals surface area contributed by atoms with Crippen LogP contribution in [0.5, 0.6) is 0 Å². The highest BCUT2D eigenvalue weighted by molar-refractivity contribution is 8.01. The van der Waals surface area contributed by atoms with Gasteiger partial charge in [-0.3, -0.25) is 9.89 Å². The van der Waals surface area contributed by atoms with Crippen molar-refractivity contribution in [2.45, 2.75) is 38.2 Å². The molecule has 1 aliphatic heterocycles. The van der Waals surface area contributed by atoms with Gasteiger partial charge in [0.05, 0.1) is 10.5 Å². The van der Waals surface area contributed by atoms with Gasteiger partial charge in [0.2, 0.25) is 5.91 Å². The largest absolute Gasteiger partial charge is 0.308 e. The van der Waals surface area contributed by atoms with E-state index >= 15 is 0 Å². The second-order valence-corrected chi connectivity index (χ2v) is 7.07. The molecule has 2 heterocycles. The molecule has 1 amide bonds. The average Bonchev–Trinajstić information content (AvgIpc) is 2.71. The zero-order valence-corrected chi connectivity index (χ0v) is 13.5. The average molecular weight is 301 g/mol. The lowest BCUT2D eigenvalue weighted by atomic mass is 9.98. The number of benzene rings is 1. The molecule has 4 nitrogen and oxygen atoms in total. The summed E-state index contributed by atoms with van der Waals surface area (Å²) in [6.07, 6.45) is 0. The number of hydrogen-bond acceptors (Lipinski definition) is 3. The summed E-state index contributed by atoms with van der Waals surface area (Å²) < 4.78 is 0. The zero-order chi connectivity index (χ0) is 15.1. The number of nitrogens with one attached hydrogen (secondary N) is 2. The Kier molecular flexibility index (Phi) is 3.53. The summed E-state index contributed by atoms with van der Waals surface area (Å²) in [6.45, 7) is 8.18. The summed E-state index contributed by atoms with van der Waals surface area (Å²) >= 11 is 1.68. The van der Waals surface area contributed by atoms with E-state index in [0.717, 1.165) is 11.3 Å². The van der Waals surface area contributed by atoms with Crippen molar-refractivity contribution in [3.63, 3.8) is 0 Å². The maximum absolute atomic E-state index is 12.1. The van der Waals surface area contributed by atoms with E-state index in [9.17, 15) is 4.79 Å². The number of carbonyl (C=O) groups is 1. The number of anilines is 1. The van der Waals surface area contributed by atoms with Crippen molar-refractivity contribution in [2.75, 3.05) is 5.32 Å². The van der Waals surface area contributed by atoms with Gasteiger partial charge in [-0.25, -0.2) is 0 Å². The normalized spacial score (nSPS) is 21.6. The maximum Gasteiger partial charge on any atom is 0.238 e. The lowest BCUT2D eigenvalue weighted by Crippen LogP contribution is -2.21. The minimum Gasteiger partial charge on any atom is -0.308 e. The van der Waals surface area contributed by atoms with Crippen LogP contribution in [0, 0.1) is 20.8 Å². The van der Waals surface area contributed by atoms with Crippen molar-refractivity contribution >= 4 is 23.5 Å². The molecule has 1 aromatic heterocycles. The van der Waals surface area contributed by atoms with Gasteiger partial charge in [-0.2, -0.15) is 5.10 Å². The molecule has 2 N–H and O–H groups in total. The summed E-state index contributed by atoms with van der Waals surface area (Å²) in [5.74, 6) is 0.680. The third-order valence-electron chi connectivity index (χ3n) is 3.92. The molecule has 2 atom stereocenters. The molecule has 110 valence electrons. The van der Waals surface area contributed by atoms with Crippen molar-refractivity contribution in [3.8, 4) is 0 Å². The van der Waals surface area contributed by atoms with Crippen molar-refractivity contribution in [3.05, 3.63) is 46.1 Å². The Hall–Kier alpha value is -1.75. The minimum atomic E-state index is -0.107.